The second-order valence-corrected chi connectivity index (χ2v) is 4.44. The largest absolute Gasteiger partial charge is 0.383 e. The van der Waals surface area contributed by atoms with Crippen LogP contribution in [0.2, 0.25) is 0 Å². The maximum absolute atomic E-state index is 5.09. The minimum Gasteiger partial charge on any atom is -0.383 e. The van der Waals surface area contributed by atoms with E-state index in [4.69, 9.17) is 17.0 Å². The van der Waals surface area contributed by atoms with Crippen molar-refractivity contribution in [2.24, 2.45) is 5.10 Å². The van der Waals surface area contributed by atoms with Crippen molar-refractivity contribution in [3.8, 4) is 0 Å². The van der Waals surface area contributed by atoms with Crippen molar-refractivity contribution in [1.82, 2.24) is 15.7 Å². The highest BCUT2D eigenvalue weighted by Crippen LogP contribution is 2.12. The molecule has 1 heterocycles. The van der Waals surface area contributed by atoms with Crippen LogP contribution in [0.25, 0.3) is 0 Å². The van der Waals surface area contributed by atoms with Crippen LogP contribution in [0, 0.1) is 13.8 Å². The molecule has 0 spiro atoms. The van der Waals surface area contributed by atoms with E-state index in [1.54, 1.807) is 7.11 Å². The van der Waals surface area contributed by atoms with Crippen molar-refractivity contribution in [3.63, 3.8) is 0 Å². The van der Waals surface area contributed by atoms with E-state index in [-0.39, 0.29) is 0 Å². The van der Waals surface area contributed by atoms with Crippen molar-refractivity contribution in [3.05, 3.63) is 23.0 Å². The van der Waals surface area contributed by atoms with Gasteiger partial charge in [-0.05, 0) is 38.6 Å². The molecule has 0 aliphatic carbocycles. The van der Waals surface area contributed by atoms with E-state index in [2.05, 4.69) is 20.8 Å². The number of methoxy groups -OCH3 is 1. The zero-order valence-electron chi connectivity index (χ0n) is 11.3. The standard InChI is InChI=1S/C12H20N4OS/c1-8-7-14-9(2)11(8)10(3)15-16-12(18)13-5-6-17-4/h7,14H,5-6H2,1-4H3,(H2,13,16,18)/b15-10+. The molecule has 1 aromatic heterocycles. The lowest BCUT2D eigenvalue weighted by atomic mass is 10.1. The average molecular weight is 268 g/mol. The van der Waals surface area contributed by atoms with Crippen molar-refractivity contribution >= 4 is 23.0 Å². The molecule has 0 fully saturated rings. The fourth-order valence-corrected chi connectivity index (χ4v) is 1.86. The summed E-state index contributed by atoms with van der Waals surface area (Å²) >= 11 is 5.09. The first-order valence-corrected chi connectivity index (χ1v) is 6.19. The highest BCUT2D eigenvalue weighted by Gasteiger charge is 2.07. The molecule has 5 nitrogen and oxygen atoms in total. The Kier molecular flexibility index (Phi) is 5.80. The van der Waals surface area contributed by atoms with Gasteiger partial charge >= 0.3 is 0 Å². The Morgan fingerprint density at radius 2 is 2.22 bits per heavy atom. The third kappa shape index (κ3) is 4.12. The number of rotatable bonds is 5. The first kappa shape index (κ1) is 14.7. The highest BCUT2D eigenvalue weighted by atomic mass is 32.1. The van der Waals surface area contributed by atoms with E-state index in [0.717, 1.165) is 17.0 Å². The molecule has 0 unspecified atom stereocenters. The van der Waals surface area contributed by atoms with E-state index in [0.29, 0.717) is 18.3 Å². The highest BCUT2D eigenvalue weighted by molar-refractivity contribution is 7.80. The molecule has 0 radical (unpaired) electrons. The molecule has 100 valence electrons. The summed E-state index contributed by atoms with van der Waals surface area (Å²) in [6.45, 7) is 7.30. The van der Waals surface area contributed by atoms with Gasteiger partial charge in [-0.1, -0.05) is 0 Å². The number of hydrogen-bond donors (Lipinski definition) is 3. The predicted octanol–water partition coefficient (Wildman–Crippen LogP) is 1.47. The Hall–Kier alpha value is -1.40. The summed E-state index contributed by atoms with van der Waals surface area (Å²) in [5.74, 6) is 0. The SMILES string of the molecule is COCCNC(=S)N/N=C(\C)c1c(C)c[nH]c1C. The van der Waals surface area contributed by atoms with Gasteiger partial charge in [-0.3, -0.25) is 5.43 Å². The van der Waals surface area contributed by atoms with Gasteiger partial charge in [-0.15, -0.1) is 0 Å². The molecule has 0 saturated heterocycles. The lowest BCUT2D eigenvalue weighted by molar-refractivity contribution is 0.204. The van der Waals surface area contributed by atoms with E-state index in [9.17, 15) is 0 Å². The summed E-state index contributed by atoms with van der Waals surface area (Å²) in [6, 6.07) is 0. The molecule has 1 aromatic rings. The minimum atomic E-state index is 0.497. The summed E-state index contributed by atoms with van der Waals surface area (Å²) < 4.78 is 4.92. The van der Waals surface area contributed by atoms with Crippen LogP contribution in [0.4, 0.5) is 0 Å². The van der Waals surface area contributed by atoms with E-state index < -0.39 is 0 Å². The molecule has 0 aromatic carbocycles. The second kappa shape index (κ2) is 7.13. The Balaban J connectivity index is 2.54. The number of hydrazone groups is 1. The van der Waals surface area contributed by atoms with Crippen LogP contribution in [0.1, 0.15) is 23.7 Å². The topological polar surface area (TPSA) is 61.4 Å². The van der Waals surface area contributed by atoms with Crippen molar-refractivity contribution in [2.75, 3.05) is 20.3 Å². The van der Waals surface area contributed by atoms with Crippen LogP contribution >= 0.6 is 12.2 Å². The van der Waals surface area contributed by atoms with Gasteiger partial charge in [0.2, 0.25) is 0 Å². The van der Waals surface area contributed by atoms with Crippen LogP contribution in [-0.2, 0) is 4.74 Å². The molecule has 1 rings (SSSR count). The quantitative estimate of drug-likeness (QED) is 0.327. The lowest BCUT2D eigenvalue weighted by Crippen LogP contribution is -2.34. The molecule has 0 aliphatic rings. The number of H-pyrrole nitrogens is 1. The monoisotopic (exact) mass is 268 g/mol. The van der Waals surface area contributed by atoms with E-state index in [1.807, 2.05) is 27.0 Å². The Labute approximate surface area is 113 Å². The maximum Gasteiger partial charge on any atom is 0.187 e. The van der Waals surface area contributed by atoms with Gasteiger partial charge in [-0.2, -0.15) is 5.10 Å². The summed E-state index contributed by atoms with van der Waals surface area (Å²) in [6.07, 6.45) is 1.97. The van der Waals surface area contributed by atoms with Crippen LogP contribution < -0.4 is 10.7 Å². The fraction of sp³-hybridized carbons (Fsp3) is 0.500. The van der Waals surface area contributed by atoms with E-state index in [1.165, 1.54) is 5.56 Å². The maximum atomic E-state index is 5.09. The fourth-order valence-electron chi connectivity index (χ4n) is 1.71. The van der Waals surface area contributed by atoms with Gasteiger partial charge in [0.15, 0.2) is 5.11 Å². The number of aromatic amines is 1. The summed E-state index contributed by atoms with van der Waals surface area (Å²) in [4.78, 5) is 3.17. The predicted molar refractivity (Wildman–Crippen MR) is 78.1 cm³/mol. The van der Waals surface area contributed by atoms with Crippen molar-refractivity contribution in [1.29, 1.82) is 0 Å². The number of hydrogen-bond acceptors (Lipinski definition) is 3. The number of nitrogens with one attached hydrogen (secondary N) is 3. The Morgan fingerprint density at radius 3 is 2.78 bits per heavy atom. The molecule has 0 aliphatic heterocycles. The van der Waals surface area contributed by atoms with Crippen LogP contribution in [0.3, 0.4) is 0 Å². The van der Waals surface area contributed by atoms with Gasteiger partial charge in [-0.25, -0.2) is 0 Å². The molecule has 3 N–H and O–H groups in total. The molecule has 0 amide bonds. The molecular weight excluding hydrogens is 248 g/mol. The smallest absolute Gasteiger partial charge is 0.187 e. The van der Waals surface area contributed by atoms with Gasteiger partial charge in [0.05, 0.1) is 12.3 Å². The Bertz CT molecular complexity index is 420. The lowest BCUT2D eigenvalue weighted by Gasteiger charge is -2.07. The summed E-state index contributed by atoms with van der Waals surface area (Å²) in [7, 11) is 1.65. The van der Waals surface area contributed by atoms with Crippen LogP contribution in [0.5, 0.6) is 0 Å². The number of thiocarbonyl (C=S) groups is 1. The van der Waals surface area contributed by atoms with Gasteiger partial charge in [0.1, 0.15) is 0 Å². The number of aryl methyl sites for hydroxylation is 2. The van der Waals surface area contributed by atoms with E-state index >= 15 is 0 Å². The minimum absolute atomic E-state index is 0.497. The zero-order chi connectivity index (χ0) is 13.5. The van der Waals surface area contributed by atoms with Gasteiger partial charge in [0, 0.05) is 31.1 Å². The molecule has 0 saturated carbocycles. The number of nitrogens with zero attached hydrogens (tertiary/aromatic N) is 1. The van der Waals surface area contributed by atoms with Crippen molar-refractivity contribution in [2.45, 2.75) is 20.8 Å². The molecule has 18 heavy (non-hydrogen) atoms. The number of ether oxygens (including phenoxy) is 1. The molecule has 0 bridgehead atoms. The van der Waals surface area contributed by atoms with Crippen LogP contribution in [0.15, 0.2) is 11.3 Å². The normalized spacial score (nSPS) is 11.4. The summed E-state index contributed by atoms with van der Waals surface area (Å²) in [5.41, 5.74) is 7.13. The first-order chi connectivity index (χ1) is 8.56. The first-order valence-electron chi connectivity index (χ1n) is 5.78. The van der Waals surface area contributed by atoms with Gasteiger partial charge in [0.25, 0.3) is 0 Å². The molecule has 0 atom stereocenters. The van der Waals surface area contributed by atoms with Crippen LogP contribution in [-0.4, -0.2) is 36.1 Å². The molecule has 6 heteroatoms. The third-order valence-electron chi connectivity index (χ3n) is 2.55. The third-order valence-corrected chi connectivity index (χ3v) is 2.79. The van der Waals surface area contributed by atoms with Gasteiger partial charge < -0.3 is 15.0 Å². The zero-order valence-corrected chi connectivity index (χ0v) is 12.1. The average Bonchev–Trinajstić information content (AvgIpc) is 2.66. The Morgan fingerprint density at radius 1 is 1.50 bits per heavy atom. The van der Waals surface area contributed by atoms with Crippen molar-refractivity contribution < 1.29 is 4.74 Å². The molecular formula is C12H20N4OS. The summed E-state index contributed by atoms with van der Waals surface area (Å²) in [5, 5.41) is 7.76. The number of aromatic nitrogens is 1. The second-order valence-electron chi connectivity index (χ2n) is 4.03.